The normalized spacial score (nSPS) is 10.8. The van der Waals surface area contributed by atoms with Gasteiger partial charge in [-0.25, -0.2) is 9.37 Å². The lowest BCUT2D eigenvalue weighted by Gasteiger charge is -2.07. The third-order valence-electron chi connectivity index (χ3n) is 3.75. The van der Waals surface area contributed by atoms with Gasteiger partial charge in [-0.2, -0.15) is 0 Å². The lowest BCUT2D eigenvalue weighted by molar-refractivity contribution is 0.628. The van der Waals surface area contributed by atoms with E-state index in [4.69, 9.17) is 21.8 Å². The van der Waals surface area contributed by atoms with Crippen molar-refractivity contribution in [3.8, 4) is 0 Å². The van der Waals surface area contributed by atoms with E-state index in [-0.39, 0.29) is 10.9 Å². The standard InChI is InChI=1S/C18H13ClFN5O/c19-13-8-10(3-4-14(13)20)24-15-12-5-7-23-18(16(12)26-17(15)21)25-11-2-1-6-22-9-11/h1-9,24H,21H2,(H,23,25). The van der Waals surface area contributed by atoms with Gasteiger partial charge in [0.2, 0.25) is 5.88 Å². The second-order valence-electron chi connectivity index (χ2n) is 5.50. The Labute approximate surface area is 152 Å². The first-order valence-corrected chi connectivity index (χ1v) is 8.06. The van der Waals surface area contributed by atoms with Gasteiger partial charge in [-0.15, -0.1) is 0 Å². The monoisotopic (exact) mass is 369 g/mol. The molecule has 0 unspecified atom stereocenters. The van der Waals surface area contributed by atoms with Crippen LogP contribution in [-0.4, -0.2) is 9.97 Å². The molecule has 4 aromatic rings. The minimum Gasteiger partial charge on any atom is -0.435 e. The van der Waals surface area contributed by atoms with Gasteiger partial charge < -0.3 is 20.8 Å². The summed E-state index contributed by atoms with van der Waals surface area (Å²) in [6.07, 6.45) is 4.99. The Hall–Kier alpha value is -3.32. The number of rotatable bonds is 4. The molecule has 0 atom stereocenters. The number of hydrogen-bond donors (Lipinski definition) is 3. The smallest absolute Gasteiger partial charge is 0.215 e. The fourth-order valence-electron chi connectivity index (χ4n) is 2.55. The molecular formula is C18H13ClFN5O. The molecular weight excluding hydrogens is 357 g/mol. The molecule has 0 aliphatic rings. The first-order chi connectivity index (χ1) is 12.6. The van der Waals surface area contributed by atoms with Gasteiger partial charge in [-0.1, -0.05) is 11.6 Å². The molecule has 130 valence electrons. The Morgan fingerprint density at radius 1 is 1.08 bits per heavy atom. The SMILES string of the molecule is Nc1oc2c(Nc3cccnc3)nccc2c1Nc1ccc(F)c(Cl)c1. The summed E-state index contributed by atoms with van der Waals surface area (Å²) in [7, 11) is 0. The summed E-state index contributed by atoms with van der Waals surface area (Å²) in [6, 6.07) is 9.77. The van der Waals surface area contributed by atoms with Crippen LogP contribution in [0.25, 0.3) is 11.0 Å². The fraction of sp³-hybridized carbons (Fsp3) is 0. The molecule has 4 rings (SSSR count). The Kier molecular flexibility index (Phi) is 4.06. The van der Waals surface area contributed by atoms with E-state index in [2.05, 4.69) is 20.6 Å². The second kappa shape index (κ2) is 6.53. The number of aromatic nitrogens is 2. The lowest BCUT2D eigenvalue weighted by atomic mass is 10.2. The number of pyridine rings is 2. The van der Waals surface area contributed by atoms with Crippen molar-refractivity contribution in [3.05, 3.63) is 65.8 Å². The summed E-state index contributed by atoms with van der Waals surface area (Å²) in [4.78, 5) is 8.36. The predicted octanol–water partition coefficient (Wildman–Crippen LogP) is 5.08. The largest absolute Gasteiger partial charge is 0.435 e. The number of nitrogen functional groups attached to an aromatic ring is 1. The molecule has 0 saturated heterocycles. The summed E-state index contributed by atoms with van der Waals surface area (Å²) in [5.41, 5.74) is 8.43. The van der Waals surface area contributed by atoms with Crippen molar-refractivity contribution in [2.45, 2.75) is 0 Å². The molecule has 0 amide bonds. The van der Waals surface area contributed by atoms with E-state index in [1.807, 2.05) is 12.1 Å². The van der Waals surface area contributed by atoms with E-state index in [0.717, 1.165) is 11.1 Å². The van der Waals surface area contributed by atoms with Crippen LogP contribution in [0.15, 0.2) is 59.4 Å². The summed E-state index contributed by atoms with van der Waals surface area (Å²) in [5.74, 6) is 0.199. The zero-order valence-electron chi connectivity index (χ0n) is 13.3. The van der Waals surface area contributed by atoms with Gasteiger partial charge in [0.25, 0.3) is 0 Å². The third-order valence-corrected chi connectivity index (χ3v) is 4.04. The fourth-order valence-corrected chi connectivity index (χ4v) is 2.73. The molecule has 0 saturated carbocycles. The number of nitrogens with one attached hydrogen (secondary N) is 2. The molecule has 0 fully saturated rings. The van der Waals surface area contributed by atoms with Crippen molar-refractivity contribution in [1.82, 2.24) is 9.97 Å². The van der Waals surface area contributed by atoms with Gasteiger partial charge in [-0.05, 0) is 36.4 Å². The molecule has 0 aliphatic heterocycles. The topological polar surface area (TPSA) is 89.0 Å². The number of fused-ring (bicyclic) bond motifs is 1. The highest BCUT2D eigenvalue weighted by Gasteiger charge is 2.16. The minimum absolute atomic E-state index is 0.0157. The van der Waals surface area contributed by atoms with Crippen LogP contribution in [0.4, 0.5) is 33.2 Å². The average Bonchev–Trinajstić information content (AvgIpc) is 2.96. The Morgan fingerprint density at radius 3 is 2.73 bits per heavy atom. The van der Waals surface area contributed by atoms with Crippen molar-refractivity contribution in [2.24, 2.45) is 0 Å². The molecule has 0 spiro atoms. The maximum absolute atomic E-state index is 13.3. The van der Waals surface area contributed by atoms with Crippen LogP contribution in [0.2, 0.25) is 5.02 Å². The van der Waals surface area contributed by atoms with E-state index in [0.29, 0.717) is 22.8 Å². The van der Waals surface area contributed by atoms with Crippen LogP contribution in [0.3, 0.4) is 0 Å². The highest BCUT2D eigenvalue weighted by Crippen LogP contribution is 2.38. The third kappa shape index (κ3) is 3.00. The van der Waals surface area contributed by atoms with Crippen molar-refractivity contribution >= 4 is 51.3 Å². The van der Waals surface area contributed by atoms with Crippen LogP contribution in [0.5, 0.6) is 0 Å². The van der Waals surface area contributed by atoms with Crippen LogP contribution >= 0.6 is 11.6 Å². The van der Waals surface area contributed by atoms with Crippen LogP contribution < -0.4 is 16.4 Å². The van der Waals surface area contributed by atoms with E-state index < -0.39 is 5.82 Å². The summed E-state index contributed by atoms with van der Waals surface area (Å²) < 4.78 is 19.0. The van der Waals surface area contributed by atoms with Crippen LogP contribution in [-0.2, 0) is 0 Å². The number of anilines is 5. The number of halogens is 2. The highest BCUT2D eigenvalue weighted by molar-refractivity contribution is 6.31. The van der Waals surface area contributed by atoms with Gasteiger partial charge >= 0.3 is 0 Å². The highest BCUT2D eigenvalue weighted by atomic mass is 35.5. The van der Waals surface area contributed by atoms with Crippen molar-refractivity contribution in [2.75, 3.05) is 16.4 Å². The molecule has 3 aromatic heterocycles. The molecule has 0 aliphatic carbocycles. The number of benzene rings is 1. The molecule has 0 radical (unpaired) electrons. The number of nitrogens with two attached hydrogens (primary N) is 1. The average molecular weight is 370 g/mol. The molecule has 4 N–H and O–H groups in total. The summed E-state index contributed by atoms with van der Waals surface area (Å²) in [5, 5.41) is 7.01. The zero-order valence-corrected chi connectivity index (χ0v) is 14.1. The Bertz CT molecular complexity index is 1080. The maximum Gasteiger partial charge on any atom is 0.215 e. The van der Waals surface area contributed by atoms with E-state index in [9.17, 15) is 4.39 Å². The van der Waals surface area contributed by atoms with E-state index >= 15 is 0 Å². The molecule has 1 aromatic carbocycles. The molecule has 26 heavy (non-hydrogen) atoms. The van der Waals surface area contributed by atoms with Gasteiger partial charge in [0.05, 0.1) is 22.3 Å². The van der Waals surface area contributed by atoms with Gasteiger partial charge in [0.15, 0.2) is 11.4 Å². The zero-order chi connectivity index (χ0) is 18.1. The quantitative estimate of drug-likeness (QED) is 0.464. The lowest BCUT2D eigenvalue weighted by Crippen LogP contribution is -1.95. The molecule has 8 heteroatoms. The second-order valence-corrected chi connectivity index (χ2v) is 5.91. The minimum atomic E-state index is -0.491. The van der Waals surface area contributed by atoms with Crippen LogP contribution in [0, 0.1) is 5.82 Å². The molecule has 0 bridgehead atoms. The Morgan fingerprint density at radius 2 is 1.96 bits per heavy atom. The first-order valence-electron chi connectivity index (χ1n) is 7.68. The number of nitrogens with zero attached hydrogens (tertiary/aromatic N) is 2. The van der Waals surface area contributed by atoms with Gasteiger partial charge in [-0.3, -0.25) is 4.98 Å². The van der Waals surface area contributed by atoms with Gasteiger partial charge in [0.1, 0.15) is 11.5 Å². The summed E-state index contributed by atoms with van der Waals surface area (Å²) in [6.45, 7) is 0. The van der Waals surface area contributed by atoms with E-state index in [1.165, 1.54) is 12.1 Å². The van der Waals surface area contributed by atoms with Crippen molar-refractivity contribution in [1.29, 1.82) is 0 Å². The number of furan rings is 1. The van der Waals surface area contributed by atoms with Crippen LogP contribution in [0.1, 0.15) is 0 Å². The van der Waals surface area contributed by atoms with Crippen molar-refractivity contribution < 1.29 is 8.81 Å². The van der Waals surface area contributed by atoms with Gasteiger partial charge in [0, 0.05) is 18.1 Å². The molecule has 3 heterocycles. The first kappa shape index (κ1) is 16.2. The maximum atomic E-state index is 13.3. The molecule has 6 nitrogen and oxygen atoms in total. The Balaban J connectivity index is 1.73. The summed E-state index contributed by atoms with van der Waals surface area (Å²) >= 11 is 5.83. The van der Waals surface area contributed by atoms with Crippen molar-refractivity contribution in [3.63, 3.8) is 0 Å². The van der Waals surface area contributed by atoms with E-state index in [1.54, 1.807) is 30.7 Å². The predicted molar refractivity (Wildman–Crippen MR) is 101 cm³/mol. The number of hydrogen-bond acceptors (Lipinski definition) is 6.